The van der Waals surface area contributed by atoms with Gasteiger partial charge in [0.1, 0.15) is 0 Å². The molecule has 0 heterocycles. The molecule has 4 rings (SSSR count). The fourth-order valence-electron chi connectivity index (χ4n) is 5.14. The molecule has 2 fully saturated rings. The third-order valence-corrected chi connectivity index (χ3v) is 7.21. The van der Waals surface area contributed by atoms with Gasteiger partial charge in [-0.3, -0.25) is 9.59 Å². The Morgan fingerprint density at radius 1 is 1.04 bits per heavy atom. The number of rotatable bonds is 7. The number of benzene rings is 1. The van der Waals surface area contributed by atoms with Crippen molar-refractivity contribution in [2.45, 2.75) is 19.4 Å². The van der Waals surface area contributed by atoms with E-state index in [1.54, 1.807) is 0 Å². The summed E-state index contributed by atoms with van der Waals surface area (Å²) < 4.78 is 1.02. The maximum Gasteiger partial charge on any atom is 0.224 e. The van der Waals surface area contributed by atoms with Gasteiger partial charge in [0.2, 0.25) is 11.8 Å². The van der Waals surface area contributed by atoms with Crippen LogP contribution in [0.2, 0.25) is 0 Å². The molecule has 0 saturated heterocycles. The van der Waals surface area contributed by atoms with Crippen LogP contribution in [0.3, 0.4) is 0 Å². The molecule has 1 aromatic rings. The van der Waals surface area contributed by atoms with Crippen LogP contribution in [0.25, 0.3) is 0 Å². The summed E-state index contributed by atoms with van der Waals surface area (Å²) in [5, 5.41) is 6.17. The molecule has 28 heavy (non-hydrogen) atoms. The summed E-state index contributed by atoms with van der Waals surface area (Å²) in [7, 11) is 3.98. The number of hydrogen-bond donors (Lipinski definition) is 2. The van der Waals surface area contributed by atoms with Gasteiger partial charge in [-0.25, -0.2) is 0 Å². The molecule has 3 aliphatic carbocycles. The van der Waals surface area contributed by atoms with Crippen LogP contribution in [0.5, 0.6) is 0 Å². The Labute approximate surface area is 175 Å². The molecule has 0 unspecified atom stereocenters. The number of allylic oxidation sites excluding steroid dienone is 2. The highest BCUT2D eigenvalue weighted by Crippen LogP contribution is 2.72. The number of amides is 2. The van der Waals surface area contributed by atoms with Crippen LogP contribution in [0, 0.1) is 29.1 Å². The molecule has 5 nitrogen and oxygen atoms in total. The predicted molar refractivity (Wildman–Crippen MR) is 112 cm³/mol. The molecule has 2 saturated carbocycles. The van der Waals surface area contributed by atoms with E-state index in [2.05, 4.69) is 38.7 Å². The predicted octanol–water partition coefficient (Wildman–Crippen LogP) is 2.57. The van der Waals surface area contributed by atoms with Crippen molar-refractivity contribution in [1.29, 1.82) is 0 Å². The normalized spacial score (nSPS) is 28.7. The summed E-state index contributed by atoms with van der Waals surface area (Å²) in [5.74, 6) is -0.0447. The highest BCUT2D eigenvalue weighted by molar-refractivity contribution is 9.10. The average molecular weight is 446 g/mol. The zero-order valence-electron chi connectivity index (χ0n) is 16.5. The van der Waals surface area contributed by atoms with Crippen molar-refractivity contribution in [2.24, 2.45) is 29.1 Å². The quantitative estimate of drug-likeness (QED) is 0.633. The number of hydrogen-bond acceptors (Lipinski definition) is 3. The van der Waals surface area contributed by atoms with Crippen molar-refractivity contribution in [1.82, 2.24) is 15.5 Å². The number of halogens is 1. The second kappa shape index (κ2) is 7.64. The average Bonchev–Trinajstić information content (AvgIpc) is 3.33. The lowest BCUT2D eigenvalue weighted by Crippen LogP contribution is -2.45. The Balaban J connectivity index is 1.45. The fourth-order valence-corrected chi connectivity index (χ4v) is 5.40. The molecule has 3 aliphatic rings. The van der Waals surface area contributed by atoms with Crippen molar-refractivity contribution in [3.05, 3.63) is 46.5 Å². The molecule has 0 radical (unpaired) electrons. The lowest BCUT2D eigenvalue weighted by Gasteiger charge is -2.26. The second-order valence-corrected chi connectivity index (χ2v) is 9.58. The maximum absolute atomic E-state index is 13.1. The van der Waals surface area contributed by atoms with E-state index in [4.69, 9.17) is 0 Å². The molecule has 4 atom stereocenters. The first kappa shape index (κ1) is 19.6. The lowest BCUT2D eigenvalue weighted by atomic mass is 9.81. The number of carbonyl (C=O) groups is 2. The third kappa shape index (κ3) is 3.52. The molecule has 6 heteroatoms. The summed E-state index contributed by atoms with van der Waals surface area (Å²) in [6.07, 6.45) is 6.66. The van der Waals surface area contributed by atoms with Gasteiger partial charge in [0.25, 0.3) is 0 Å². The van der Waals surface area contributed by atoms with Crippen molar-refractivity contribution in [2.75, 3.05) is 27.2 Å². The zero-order chi connectivity index (χ0) is 19.9. The molecule has 2 amide bonds. The van der Waals surface area contributed by atoms with E-state index >= 15 is 0 Å². The lowest BCUT2D eigenvalue weighted by molar-refractivity contribution is -0.135. The Morgan fingerprint density at radius 3 is 2.14 bits per heavy atom. The van der Waals surface area contributed by atoms with Crippen LogP contribution in [0.4, 0.5) is 0 Å². The molecular weight excluding hydrogens is 418 g/mol. The van der Waals surface area contributed by atoms with Crippen LogP contribution in [0.15, 0.2) is 40.9 Å². The van der Waals surface area contributed by atoms with Crippen molar-refractivity contribution in [3.63, 3.8) is 0 Å². The molecule has 1 aromatic carbocycles. The fraction of sp³-hybridized carbons (Fsp3) is 0.545. The minimum Gasteiger partial charge on any atom is -0.355 e. The Kier molecular flexibility index (Phi) is 5.36. The molecule has 1 spiro atoms. The van der Waals surface area contributed by atoms with Crippen molar-refractivity contribution in [3.8, 4) is 0 Å². The molecule has 2 bridgehead atoms. The minimum absolute atomic E-state index is 0.0128. The van der Waals surface area contributed by atoms with E-state index in [1.165, 1.54) is 0 Å². The number of likely N-dealkylation sites (N-methyl/N-ethyl adjacent to an activating group) is 1. The first-order valence-corrected chi connectivity index (χ1v) is 10.8. The SMILES string of the molecule is CN(C)CCNC(=O)[C@H]1[C@H](C(=O)NCc2ccc(Br)cc2)[C@H]2C=C[C@H]1C21CC1. The standard InChI is InChI=1S/C22H28BrN3O2/c1-26(2)12-11-24-20(27)18-16-7-8-17(22(16)9-10-22)19(18)21(28)25-13-14-3-5-15(23)6-4-14/h3-8,16-19H,9-13H2,1-2H3,(H,24,27)(H,25,28)/t16-,17-,18-,19-/m1/s1. The van der Waals surface area contributed by atoms with Gasteiger partial charge >= 0.3 is 0 Å². The summed E-state index contributed by atoms with van der Waals surface area (Å²) in [6, 6.07) is 7.95. The van der Waals surface area contributed by atoms with Gasteiger partial charge in [0.15, 0.2) is 0 Å². The Bertz CT molecular complexity index is 785. The Morgan fingerprint density at radius 2 is 1.61 bits per heavy atom. The van der Waals surface area contributed by atoms with Crippen LogP contribution in [-0.4, -0.2) is 43.9 Å². The third-order valence-electron chi connectivity index (χ3n) is 6.69. The maximum atomic E-state index is 13.1. The van der Waals surface area contributed by atoms with Gasteiger partial charge in [-0.15, -0.1) is 0 Å². The number of nitrogens with one attached hydrogen (secondary N) is 2. The molecule has 150 valence electrons. The topological polar surface area (TPSA) is 61.4 Å². The van der Waals surface area contributed by atoms with Gasteiger partial charge in [-0.1, -0.05) is 40.2 Å². The van der Waals surface area contributed by atoms with Crippen LogP contribution < -0.4 is 10.6 Å². The van der Waals surface area contributed by atoms with E-state index in [-0.39, 0.29) is 40.9 Å². The van der Waals surface area contributed by atoms with Gasteiger partial charge < -0.3 is 15.5 Å². The van der Waals surface area contributed by atoms with Gasteiger partial charge in [-0.05, 0) is 61.9 Å². The largest absolute Gasteiger partial charge is 0.355 e. The monoisotopic (exact) mass is 445 g/mol. The van der Waals surface area contributed by atoms with E-state index < -0.39 is 0 Å². The first-order chi connectivity index (χ1) is 13.4. The highest BCUT2D eigenvalue weighted by Gasteiger charge is 2.69. The number of nitrogens with zero attached hydrogens (tertiary/aromatic N) is 1. The van der Waals surface area contributed by atoms with Crippen LogP contribution in [0.1, 0.15) is 18.4 Å². The van der Waals surface area contributed by atoms with Crippen molar-refractivity contribution >= 4 is 27.7 Å². The summed E-state index contributed by atoms with van der Waals surface area (Å²) in [6.45, 7) is 1.91. The van der Waals surface area contributed by atoms with Crippen molar-refractivity contribution < 1.29 is 9.59 Å². The zero-order valence-corrected chi connectivity index (χ0v) is 18.0. The van der Waals surface area contributed by atoms with E-state index in [1.807, 2.05) is 43.3 Å². The van der Waals surface area contributed by atoms with Gasteiger partial charge in [0, 0.05) is 24.1 Å². The molecular formula is C22H28BrN3O2. The molecule has 0 aromatic heterocycles. The number of carbonyl (C=O) groups excluding carboxylic acids is 2. The van der Waals surface area contributed by atoms with E-state index in [0.29, 0.717) is 13.1 Å². The molecule has 0 aliphatic heterocycles. The van der Waals surface area contributed by atoms with Crippen LogP contribution in [-0.2, 0) is 16.1 Å². The van der Waals surface area contributed by atoms with Gasteiger partial charge in [-0.2, -0.15) is 0 Å². The minimum atomic E-state index is -0.257. The van der Waals surface area contributed by atoms with E-state index in [0.717, 1.165) is 29.4 Å². The summed E-state index contributed by atoms with van der Waals surface area (Å²) in [4.78, 5) is 28.2. The Hall–Kier alpha value is -1.66. The summed E-state index contributed by atoms with van der Waals surface area (Å²) in [5.41, 5.74) is 1.23. The molecule has 2 N–H and O–H groups in total. The first-order valence-electron chi connectivity index (χ1n) is 10.1. The smallest absolute Gasteiger partial charge is 0.224 e. The highest BCUT2D eigenvalue weighted by atomic mass is 79.9. The van der Waals surface area contributed by atoms with Crippen LogP contribution >= 0.6 is 15.9 Å². The van der Waals surface area contributed by atoms with E-state index in [9.17, 15) is 9.59 Å². The second-order valence-electron chi connectivity index (χ2n) is 8.66. The van der Waals surface area contributed by atoms with Gasteiger partial charge in [0.05, 0.1) is 11.8 Å². The summed E-state index contributed by atoms with van der Waals surface area (Å²) >= 11 is 3.43.